The molecule has 0 N–H and O–H groups in total. The number of hydrogen-bond acceptors (Lipinski definition) is 5. The molecule has 2 aromatic rings. The number of hydrogen-bond donors (Lipinski definition) is 0. The summed E-state index contributed by atoms with van der Waals surface area (Å²) in [6.07, 6.45) is 2.18. The van der Waals surface area contributed by atoms with Gasteiger partial charge in [0, 0.05) is 44.2 Å². The van der Waals surface area contributed by atoms with Gasteiger partial charge in [0.2, 0.25) is 5.91 Å². The number of carbonyl (C=O) groups excluding carboxylic acids is 1. The molecule has 4 rings (SSSR count). The molecule has 2 aliphatic heterocycles. The molecule has 2 fully saturated rings. The van der Waals surface area contributed by atoms with Crippen LogP contribution in [0, 0.1) is 5.92 Å². The Labute approximate surface area is 159 Å². The Morgan fingerprint density at radius 3 is 2.69 bits per heavy atom. The Kier molecular flexibility index (Phi) is 5.14. The van der Waals surface area contributed by atoms with Crippen LogP contribution in [0.15, 0.2) is 24.3 Å². The van der Waals surface area contributed by atoms with Crippen LogP contribution in [-0.4, -0.2) is 65.4 Å². The van der Waals surface area contributed by atoms with E-state index in [9.17, 15) is 4.79 Å². The van der Waals surface area contributed by atoms with E-state index in [1.165, 1.54) is 10.1 Å². The molecule has 0 unspecified atom stereocenters. The zero-order chi connectivity index (χ0) is 18.1. The maximum atomic E-state index is 13.0. The van der Waals surface area contributed by atoms with E-state index in [4.69, 9.17) is 0 Å². The molecule has 3 heterocycles. The monoisotopic (exact) mass is 372 g/mol. The number of carbonyl (C=O) groups is 1. The minimum atomic E-state index is 0.179. The zero-order valence-electron chi connectivity index (χ0n) is 15.7. The fourth-order valence-corrected chi connectivity index (χ4v) is 4.97. The van der Waals surface area contributed by atoms with Crippen molar-refractivity contribution in [3.63, 3.8) is 0 Å². The number of piperazine rings is 1. The first-order valence-corrected chi connectivity index (χ1v) is 10.5. The van der Waals surface area contributed by atoms with E-state index < -0.39 is 0 Å². The standard InChI is InChI=1S/C20H28N4OS/c1-15(2)24-9-5-6-16(14-24)20(25)23-12-10-22(11-13-23)19-17-7-3-4-8-18(17)26-21-19/h3-4,7-8,15-16H,5-6,9-14H2,1-2H3/t16-/m1/s1. The van der Waals surface area contributed by atoms with E-state index in [0.29, 0.717) is 11.9 Å². The number of likely N-dealkylation sites (tertiary alicyclic amines) is 1. The van der Waals surface area contributed by atoms with Crippen molar-refractivity contribution in [2.24, 2.45) is 5.92 Å². The number of aromatic nitrogens is 1. The Morgan fingerprint density at radius 2 is 1.92 bits per heavy atom. The summed E-state index contributed by atoms with van der Waals surface area (Å²) in [5.41, 5.74) is 0. The van der Waals surface area contributed by atoms with Gasteiger partial charge in [-0.15, -0.1) is 0 Å². The van der Waals surface area contributed by atoms with Crippen molar-refractivity contribution in [2.75, 3.05) is 44.2 Å². The van der Waals surface area contributed by atoms with Gasteiger partial charge in [-0.2, -0.15) is 4.37 Å². The second kappa shape index (κ2) is 7.53. The summed E-state index contributed by atoms with van der Waals surface area (Å²) < 4.78 is 5.90. The van der Waals surface area contributed by atoms with Gasteiger partial charge in [0.15, 0.2) is 0 Å². The van der Waals surface area contributed by atoms with E-state index in [1.807, 2.05) is 0 Å². The molecular formula is C20H28N4OS. The van der Waals surface area contributed by atoms with E-state index in [1.54, 1.807) is 11.5 Å². The van der Waals surface area contributed by atoms with Crippen LogP contribution in [0.1, 0.15) is 26.7 Å². The molecule has 0 spiro atoms. The van der Waals surface area contributed by atoms with Crippen molar-refractivity contribution in [3.8, 4) is 0 Å². The molecule has 2 aliphatic rings. The van der Waals surface area contributed by atoms with Crippen molar-refractivity contribution >= 4 is 33.3 Å². The number of fused-ring (bicyclic) bond motifs is 1. The van der Waals surface area contributed by atoms with E-state index in [-0.39, 0.29) is 5.92 Å². The topological polar surface area (TPSA) is 39.7 Å². The van der Waals surface area contributed by atoms with Crippen molar-refractivity contribution in [3.05, 3.63) is 24.3 Å². The van der Waals surface area contributed by atoms with Crippen LogP contribution in [-0.2, 0) is 4.79 Å². The molecule has 26 heavy (non-hydrogen) atoms. The summed E-state index contributed by atoms with van der Waals surface area (Å²) in [4.78, 5) is 19.9. The zero-order valence-corrected chi connectivity index (χ0v) is 16.5. The number of amides is 1. The second-order valence-corrected chi connectivity index (χ2v) is 8.55. The Hall–Kier alpha value is -1.66. The second-order valence-electron chi connectivity index (χ2n) is 7.74. The maximum Gasteiger partial charge on any atom is 0.227 e. The third-order valence-corrected chi connectivity index (χ3v) is 6.60. The molecule has 6 heteroatoms. The lowest BCUT2D eigenvalue weighted by atomic mass is 9.95. The summed E-state index contributed by atoms with van der Waals surface area (Å²) in [5.74, 6) is 1.62. The van der Waals surface area contributed by atoms with Gasteiger partial charge in [0.05, 0.1) is 10.6 Å². The summed E-state index contributed by atoms with van der Waals surface area (Å²) in [5, 5.41) is 1.23. The predicted octanol–water partition coefficient (Wildman–Crippen LogP) is 3.07. The first-order chi connectivity index (χ1) is 12.6. The predicted molar refractivity (Wildman–Crippen MR) is 108 cm³/mol. The van der Waals surface area contributed by atoms with Crippen LogP contribution >= 0.6 is 11.5 Å². The normalized spacial score (nSPS) is 22.3. The molecular weight excluding hydrogens is 344 g/mol. The van der Waals surface area contributed by atoms with Crippen LogP contribution in [0.25, 0.3) is 10.1 Å². The molecule has 1 aromatic heterocycles. The first-order valence-electron chi connectivity index (χ1n) is 9.75. The fourth-order valence-electron chi connectivity index (χ4n) is 4.17. The molecule has 140 valence electrons. The minimum Gasteiger partial charge on any atom is -0.352 e. The maximum absolute atomic E-state index is 13.0. The molecule has 1 atom stereocenters. The number of benzene rings is 1. The van der Waals surface area contributed by atoms with Gasteiger partial charge in [-0.3, -0.25) is 4.79 Å². The SMILES string of the molecule is CC(C)N1CCC[C@@H](C(=O)N2CCN(c3nsc4ccccc34)CC2)C1. The first kappa shape index (κ1) is 17.7. The van der Waals surface area contributed by atoms with E-state index in [2.05, 4.69) is 57.2 Å². The molecule has 0 saturated carbocycles. The van der Waals surface area contributed by atoms with Crippen molar-refractivity contribution in [2.45, 2.75) is 32.7 Å². The molecule has 5 nitrogen and oxygen atoms in total. The molecule has 0 aliphatic carbocycles. The molecule has 1 amide bonds. The highest BCUT2D eigenvalue weighted by Gasteiger charge is 2.32. The summed E-state index contributed by atoms with van der Waals surface area (Å²) in [6.45, 7) is 9.87. The highest BCUT2D eigenvalue weighted by atomic mass is 32.1. The molecule has 1 aromatic carbocycles. The van der Waals surface area contributed by atoms with Gasteiger partial charge in [0.25, 0.3) is 0 Å². The van der Waals surface area contributed by atoms with Crippen molar-refractivity contribution < 1.29 is 4.79 Å². The molecule has 2 saturated heterocycles. The number of nitrogens with zero attached hydrogens (tertiary/aromatic N) is 4. The largest absolute Gasteiger partial charge is 0.352 e. The minimum absolute atomic E-state index is 0.179. The third-order valence-electron chi connectivity index (χ3n) is 5.78. The number of anilines is 1. The van der Waals surface area contributed by atoms with E-state index in [0.717, 1.165) is 57.9 Å². The Morgan fingerprint density at radius 1 is 1.15 bits per heavy atom. The van der Waals surface area contributed by atoms with Crippen molar-refractivity contribution in [1.29, 1.82) is 0 Å². The van der Waals surface area contributed by atoms with Gasteiger partial charge in [-0.25, -0.2) is 0 Å². The highest BCUT2D eigenvalue weighted by molar-refractivity contribution is 7.13. The van der Waals surface area contributed by atoms with Crippen LogP contribution in [0.3, 0.4) is 0 Å². The molecule has 0 radical (unpaired) electrons. The van der Waals surface area contributed by atoms with Crippen LogP contribution in [0.4, 0.5) is 5.82 Å². The lowest BCUT2D eigenvalue weighted by molar-refractivity contribution is -0.137. The van der Waals surface area contributed by atoms with Crippen LogP contribution in [0.2, 0.25) is 0 Å². The smallest absolute Gasteiger partial charge is 0.227 e. The average molecular weight is 373 g/mol. The lowest BCUT2D eigenvalue weighted by Crippen LogP contribution is -2.53. The van der Waals surface area contributed by atoms with Gasteiger partial charge >= 0.3 is 0 Å². The number of rotatable bonds is 3. The lowest BCUT2D eigenvalue weighted by Gasteiger charge is -2.40. The molecule has 0 bridgehead atoms. The van der Waals surface area contributed by atoms with Gasteiger partial charge in [-0.05, 0) is 56.9 Å². The van der Waals surface area contributed by atoms with Gasteiger partial charge < -0.3 is 14.7 Å². The average Bonchev–Trinajstić information content (AvgIpc) is 3.12. The highest BCUT2D eigenvalue weighted by Crippen LogP contribution is 2.30. The third kappa shape index (κ3) is 3.45. The number of piperidine rings is 1. The quantitative estimate of drug-likeness (QED) is 0.830. The van der Waals surface area contributed by atoms with Gasteiger partial charge in [0.1, 0.15) is 5.82 Å². The van der Waals surface area contributed by atoms with Crippen molar-refractivity contribution in [1.82, 2.24) is 14.2 Å². The fraction of sp³-hybridized carbons (Fsp3) is 0.600. The Bertz CT molecular complexity index is 766. The van der Waals surface area contributed by atoms with E-state index >= 15 is 0 Å². The summed E-state index contributed by atoms with van der Waals surface area (Å²) in [6, 6.07) is 8.93. The summed E-state index contributed by atoms with van der Waals surface area (Å²) >= 11 is 1.56. The van der Waals surface area contributed by atoms with Crippen LogP contribution < -0.4 is 4.90 Å². The van der Waals surface area contributed by atoms with Gasteiger partial charge in [-0.1, -0.05) is 12.1 Å². The Balaban J connectivity index is 1.38. The van der Waals surface area contributed by atoms with Crippen LogP contribution in [0.5, 0.6) is 0 Å². The summed E-state index contributed by atoms with van der Waals surface area (Å²) in [7, 11) is 0.